The van der Waals surface area contributed by atoms with E-state index in [1.807, 2.05) is 20.8 Å². The predicted octanol–water partition coefficient (Wildman–Crippen LogP) is 1.57. The van der Waals surface area contributed by atoms with Crippen molar-refractivity contribution in [3.05, 3.63) is 11.6 Å². The summed E-state index contributed by atoms with van der Waals surface area (Å²) in [7, 11) is 0. The first kappa shape index (κ1) is 15.9. The predicted molar refractivity (Wildman–Crippen MR) is 81.9 cm³/mol. The van der Waals surface area contributed by atoms with E-state index in [9.17, 15) is 4.79 Å². The summed E-state index contributed by atoms with van der Waals surface area (Å²) in [5, 5.41) is 14.9. The zero-order valence-electron chi connectivity index (χ0n) is 13.4. The van der Waals surface area contributed by atoms with Crippen molar-refractivity contribution in [2.45, 2.75) is 71.5 Å². The summed E-state index contributed by atoms with van der Waals surface area (Å²) in [4.78, 5) is 12.1. The Morgan fingerprint density at radius 2 is 2.10 bits per heavy atom. The molecule has 2 heterocycles. The maximum Gasteiger partial charge on any atom is 0.222 e. The Balaban J connectivity index is 1.95. The number of amides is 1. The second-order valence-corrected chi connectivity index (χ2v) is 5.89. The molecule has 1 aliphatic rings. The van der Waals surface area contributed by atoms with Crippen molar-refractivity contribution in [1.82, 2.24) is 25.4 Å². The van der Waals surface area contributed by atoms with Crippen LogP contribution in [0.25, 0.3) is 0 Å². The summed E-state index contributed by atoms with van der Waals surface area (Å²) < 4.78 is 2.19. The van der Waals surface area contributed by atoms with Gasteiger partial charge in [-0.05, 0) is 33.2 Å². The number of carbonyl (C=O) groups excluding carboxylic acids is 1. The number of nitrogens with zero attached hydrogens (tertiary/aromatic N) is 3. The lowest BCUT2D eigenvalue weighted by Gasteiger charge is -2.17. The summed E-state index contributed by atoms with van der Waals surface area (Å²) in [6.45, 7) is 7.89. The SMILES string of the molecule is CCNC(C)CC(=O)NC(C)c1nnc2n1CCCCC2. The molecular formula is C15H27N5O. The minimum absolute atomic E-state index is 0.0573. The third-order valence-electron chi connectivity index (χ3n) is 3.95. The van der Waals surface area contributed by atoms with Gasteiger partial charge in [0, 0.05) is 25.4 Å². The number of hydrogen-bond acceptors (Lipinski definition) is 4. The molecule has 0 aliphatic carbocycles. The van der Waals surface area contributed by atoms with Gasteiger partial charge in [-0.25, -0.2) is 0 Å². The molecule has 6 heteroatoms. The van der Waals surface area contributed by atoms with Crippen LogP contribution < -0.4 is 10.6 Å². The van der Waals surface area contributed by atoms with Crippen LogP contribution in [-0.4, -0.2) is 33.3 Å². The maximum atomic E-state index is 12.1. The molecule has 0 spiro atoms. The fraction of sp³-hybridized carbons (Fsp3) is 0.800. The smallest absolute Gasteiger partial charge is 0.222 e. The molecule has 0 saturated carbocycles. The van der Waals surface area contributed by atoms with Crippen molar-refractivity contribution in [3.8, 4) is 0 Å². The minimum atomic E-state index is -0.0920. The fourth-order valence-electron chi connectivity index (χ4n) is 2.89. The first-order chi connectivity index (χ1) is 10.1. The van der Waals surface area contributed by atoms with Gasteiger partial charge in [-0.3, -0.25) is 4.79 Å². The van der Waals surface area contributed by atoms with E-state index in [1.54, 1.807) is 0 Å². The molecule has 1 amide bonds. The molecule has 0 aromatic carbocycles. The van der Waals surface area contributed by atoms with Gasteiger partial charge >= 0.3 is 0 Å². The van der Waals surface area contributed by atoms with Crippen molar-refractivity contribution >= 4 is 5.91 Å². The van der Waals surface area contributed by atoms with E-state index in [0.717, 1.165) is 37.6 Å². The molecule has 0 saturated heterocycles. The topological polar surface area (TPSA) is 71.8 Å². The number of fused-ring (bicyclic) bond motifs is 1. The van der Waals surface area contributed by atoms with Gasteiger partial charge in [0.25, 0.3) is 0 Å². The molecule has 118 valence electrons. The fourth-order valence-corrected chi connectivity index (χ4v) is 2.89. The van der Waals surface area contributed by atoms with Crippen LogP contribution in [0.1, 0.15) is 64.1 Å². The van der Waals surface area contributed by atoms with Crippen molar-refractivity contribution in [2.75, 3.05) is 6.54 Å². The van der Waals surface area contributed by atoms with Gasteiger partial charge in [0.05, 0.1) is 6.04 Å². The number of rotatable bonds is 6. The van der Waals surface area contributed by atoms with Gasteiger partial charge in [0.2, 0.25) is 5.91 Å². The molecule has 0 fully saturated rings. The molecule has 2 rings (SSSR count). The zero-order valence-corrected chi connectivity index (χ0v) is 13.4. The van der Waals surface area contributed by atoms with Crippen LogP contribution in [0.3, 0.4) is 0 Å². The molecule has 2 unspecified atom stereocenters. The average Bonchev–Trinajstić information content (AvgIpc) is 2.68. The van der Waals surface area contributed by atoms with Crippen molar-refractivity contribution in [1.29, 1.82) is 0 Å². The Kier molecular flexibility index (Phi) is 5.73. The molecule has 0 bridgehead atoms. The Bertz CT molecular complexity index is 471. The Morgan fingerprint density at radius 3 is 2.86 bits per heavy atom. The highest BCUT2D eigenvalue weighted by molar-refractivity contribution is 5.76. The number of aryl methyl sites for hydroxylation is 1. The maximum absolute atomic E-state index is 12.1. The van der Waals surface area contributed by atoms with Crippen molar-refractivity contribution in [3.63, 3.8) is 0 Å². The molecule has 2 N–H and O–H groups in total. The molecule has 2 atom stereocenters. The third kappa shape index (κ3) is 4.27. The average molecular weight is 293 g/mol. The Morgan fingerprint density at radius 1 is 1.29 bits per heavy atom. The summed E-state index contributed by atoms with van der Waals surface area (Å²) in [5.74, 6) is 2.00. The van der Waals surface area contributed by atoms with Crippen LogP contribution in [0.15, 0.2) is 0 Å². The van der Waals surface area contributed by atoms with Crippen LogP contribution in [-0.2, 0) is 17.8 Å². The standard InChI is InChI=1S/C15H27N5O/c1-4-16-11(2)10-14(21)17-12(3)15-19-18-13-8-6-5-7-9-20(13)15/h11-12,16H,4-10H2,1-3H3,(H,17,21). The zero-order chi connectivity index (χ0) is 15.2. The molecular weight excluding hydrogens is 266 g/mol. The quantitative estimate of drug-likeness (QED) is 0.835. The van der Waals surface area contributed by atoms with E-state index in [1.165, 1.54) is 12.8 Å². The second-order valence-electron chi connectivity index (χ2n) is 5.89. The highest BCUT2D eigenvalue weighted by atomic mass is 16.1. The van der Waals surface area contributed by atoms with Crippen LogP contribution in [0.5, 0.6) is 0 Å². The third-order valence-corrected chi connectivity index (χ3v) is 3.95. The molecule has 6 nitrogen and oxygen atoms in total. The highest BCUT2D eigenvalue weighted by Gasteiger charge is 2.20. The molecule has 1 aliphatic heterocycles. The molecule has 1 aromatic rings. The van der Waals surface area contributed by atoms with E-state index < -0.39 is 0 Å². The highest BCUT2D eigenvalue weighted by Crippen LogP contribution is 2.18. The first-order valence-corrected chi connectivity index (χ1v) is 8.06. The van der Waals surface area contributed by atoms with Crippen LogP contribution in [0, 0.1) is 0 Å². The van der Waals surface area contributed by atoms with Gasteiger partial charge in [-0.2, -0.15) is 0 Å². The molecule has 0 radical (unpaired) electrons. The van der Waals surface area contributed by atoms with E-state index in [2.05, 4.69) is 25.4 Å². The number of nitrogens with one attached hydrogen (secondary N) is 2. The van der Waals surface area contributed by atoms with E-state index in [-0.39, 0.29) is 18.0 Å². The summed E-state index contributed by atoms with van der Waals surface area (Å²) in [6, 6.07) is 0.100. The van der Waals surface area contributed by atoms with Gasteiger partial charge in [0.1, 0.15) is 5.82 Å². The Hall–Kier alpha value is -1.43. The van der Waals surface area contributed by atoms with E-state index in [4.69, 9.17) is 0 Å². The number of aromatic nitrogens is 3. The van der Waals surface area contributed by atoms with Crippen LogP contribution in [0.2, 0.25) is 0 Å². The normalized spacial score (nSPS) is 17.7. The summed E-state index contributed by atoms with van der Waals surface area (Å²) in [5.41, 5.74) is 0. The summed E-state index contributed by atoms with van der Waals surface area (Å²) >= 11 is 0. The van der Waals surface area contributed by atoms with Gasteiger partial charge in [-0.1, -0.05) is 13.3 Å². The monoisotopic (exact) mass is 293 g/mol. The first-order valence-electron chi connectivity index (χ1n) is 8.06. The number of carbonyl (C=O) groups is 1. The summed E-state index contributed by atoms with van der Waals surface area (Å²) in [6.07, 6.45) is 5.06. The van der Waals surface area contributed by atoms with E-state index >= 15 is 0 Å². The lowest BCUT2D eigenvalue weighted by atomic mass is 10.2. The lowest BCUT2D eigenvalue weighted by molar-refractivity contribution is -0.122. The lowest BCUT2D eigenvalue weighted by Crippen LogP contribution is -2.35. The van der Waals surface area contributed by atoms with Gasteiger partial charge < -0.3 is 15.2 Å². The van der Waals surface area contributed by atoms with Crippen LogP contribution >= 0.6 is 0 Å². The van der Waals surface area contributed by atoms with Crippen molar-refractivity contribution < 1.29 is 4.79 Å². The second kappa shape index (κ2) is 7.54. The van der Waals surface area contributed by atoms with E-state index in [0.29, 0.717) is 6.42 Å². The van der Waals surface area contributed by atoms with Crippen LogP contribution in [0.4, 0.5) is 0 Å². The van der Waals surface area contributed by atoms with Crippen molar-refractivity contribution in [2.24, 2.45) is 0 Å². The largest absolute Gasteiger partial charge is 0.346 e. The van der Waals surface area contributed by atoms with Gasteiger partial charge in [0.15, 0.2) is 5.82 Å². The minimum Gasteiger partial charge on any atom is -0.346 e. The number of hydrogen-bond donors (Lipinski definition) is 2. The Labute approximate surface area is 126 Å². The molecule has 1 aromatic heterocycles. The van der Waals surface area contributed by atoms with Gasteiger partial charge in [-0.15, -0.1) is 10.2 Å². The molecule has 21 heavy (non-hydrogen) atoms.